The van der Waals surface area contributed by atoms with Crippen LogP contribution in [0.5, 0.6) is 5.75 Å². The second kappa shape index (κ2) is 32.7. The lowest BCUT2D eigenvalue weighted by Gasteiger charge is -2.32. The van der Waals surface area contributed by atoms with Gasteiger partial charge in [0, 0.05) is 62.1 Å². The van der Waals surface area contributed by atoms with Gasteiger partial charge in [-0.15, -0.1) is 0 Å². The number of carbonyl (C=O) groups is 10. The van der Waals surface area contributed by atoms with E-state index in [0.717, 1.165) is 69.1 Å². The van der Waals surface area contributed by atoms with Crippen LogP contribution >= 0.6 is 0 Å². The summed E-state index contributed by atoms with van der Waals surface area (Å²) in [7, 11) is -2.31. The minimum atomic E-state index is -2.31. The van der Waals surface area contributed by atoms with Crippen molar-refractivity contribution < 1.29 is 76.9 Å². The van der Waals surface area contributed by atoms with Gasteiger partial charge in [0.2, 0.25) is 41.4 Å². The third-order valence-electron chi connectivity index (χ3n) is 15.6. The number of alkyl carbamates (subject to hydrolysis) is 1. The number of H-pyrrole nitrogens is 1. The molecule has 3 unspecified atom stereocenters. The van der Waals surface area contributed by atoms with Crippen molar-refractivity contribution in [3.63, 3.8) is 0 Å². The maximum absolute atomic E-state index is 15.1. The highest BCUT2D eigenvalue weighted by Gasteiger charge is 2.45. The number of benzene rings is 1. The molecule has 26 heteroatoms. The quantitative estimate of drug-likeness (QED) is 0.0786. The Bertz CT molecular complexity index is 2680. The minimum absolute atomic E-state index is 0.0353. The normalized spacial score (nSPS) is 24.8. The Balaban J connectivity index is 1.48. The zero-order valence-electron chi connectivity index (χ0n) is 49.4. The number of rotatable bonds is 21. The maximum Gasteiger partial charge on any atom is 0.407 e. The van der Waals surface area contributed by atoms with Crippen molar-refractivity contribution in [1.82, 2.24) is 41.8 Å². The van der Waals surface area contributed by atoms with Crippen molar-refractivity contribution in [3.8, 4) is 5.75 Å². The molecule has 3 aliphatic rings. The molecule has 25 nitrogen and oxygen atoms in total. The van der Waals surface area contributed by atoms with E-state index in [2.05, 4.69) is 36.9 Å². The first-order chi connectivity index (χ1) is 39.8. The first-order valence-corrected chi connectivity index (χ1v) is 30.8. The van der Waals surface area contributed by atoms with E-state index in [-0.39, 0.29) is 23.4 Å². The summed E-state index contributed by atoms with van der Waals surface area (Å²) >= 11 is 0. The molecule has 1 aromatic carbocycles. The zero-order chi connectivity index (χ0) is 61.8. The molecule has 4 heterocycles. The fourth-order valence-electron chi connectivity index (χ4n) is 10.7. The van der Waals surface area contributed by atoms with Gasteiger partial charge in [0.1, 0.15) is 28.5 Å². The lowest BCUT2D eigenvalue weighted by molar-refractivity contribution is -0.145. The SMILES string of the molecule is CC[C@H](C)[C@@H]1NC(=O)CNC(=O)C2CC(=O)[C@H]([C@@H](C)[C@@H](O)CO)NC(=O)[C@@H]3CC(O)CN3C(=O)[C@H](CC(N)=O)CC(=O)C(C[S@@](=O)c3[nH]c4cc(OCCCCCCCCCCCCNC(=O)OC(C)(C)C)ccc4c3C2)NC(=O)CNC1=O. The molecular weight excluding hydrogens is 1110 g/mol. The number of aromatic amines is 1. The lowest BCUT2D eigenvalue weighted by atomic mass is 9.85. The number of amides is 8. The van der Waals surface area contributed by atoms with E-state index in [9.17, 15) is 63.3 Å². The smallest absolute Gasteiger partial charge is 0.407 e. The fraction of sp³-hybridized carbons (Fsp3) is 0.690. The van der Waals surface area contributed by atoms with Gasteiger partial charge in [0.05, 0.1) is 78.6 Å². The highest BCUT2D eigenvalue weighted by atomic mass is 32.2. The number of nitrogens with one attached hydrogen (secondary N) is 7. The van der Waals surface area contributed by atoms with Gasteiger partial charge in [-0.2, -0.15) is 0 Å². The van der Waals surface area contributed by atoms with Crippen LogP contribution in [0.25, 0.3) is 10.9 Å². The summed E-state index contributed by atoms with van der Waals surface area (Å²) in [5.41, 5.74) is 5.69. The predicted molar refractivity (Wildman–Crippen MR) is 309 cm³/mol. The van der Waals surface area contributed by atoms with Crippen LogP contribution in [0, 0.1) is 23.7 Å². The van der Waals surface area contributed by atoms with E-state index < -0.39 is 187 Å². The van der Waals surface area contributed by atoms with Crippen molar-refractivity contribution >= 4 is 80.7 Å². The molecule has 12 N–H and O–H groups in total. The Labute approximate surface area is 493 Å². The van der Waals surface area contributed by atoms with E-state index in [4.69, 9.17) is 15.2 Å². The van der Waals surface area contributed by atoms with Crippen molar-refractivity contribution in [2.75, 3.05) is 45.1 Å². The molecule has 0 spiro atoms. The minimum Gasteiger partial charge on any atom is -0.494 e. The van der Waals surface area contributed by atoms with Gasteiger partial charge in [-0.25, -0.2) is 4.79 Å². The highest BCUT2D eigenvalue weighted by Crippen LogP contribution is 2.33. The molecule has 468 valence electrons. The van der Waals surface area contributed by atoms with Gasteiger partial charge in [0.15, 0.2) is 11.6 Å². The van der Waals surface area contributed by atoms with Crippen LogP contribution in [-0.4, -0.2) is 176 Å². The number of hydrogen-bond donors (Lipinski definition) is 11. The van der Waals surface area contributed by atoms with Gasteiger partial charge < -0.3 is 72.3 Å². The Kier molecular flexibility index (Phi) is 26.6. The van der Waals surface area contributed by atoms with Gasteiger partial charge in [0.25, 0.3) is 0 Å². The number of Topliss-reactive ketones (excluding diaryl/α,β-unsaturated/α-hetero) is 2. The van der Waals surface area contributed by atoms with Crippen LogP contribution < -0.4 is 42.4 Å². The van der Waals surface area contributed by atoms with E-state index in [0.29, 0.717) is 36.2 Å². The highest BCUT2D eigenvalue weighted by molar-refractivity contribution is 7.85. The molecule has 3 aliphatic heterocycles. The van der Waals surface area contributed by atoms with Crippen LogP contribution in [-0.2, 0) is 65.1 Å². The number of hydrogen-bond acceptors (Lipinski definition) is 16. The molecule has 2 aromatic rings. The van der Waals surface area contributed by atoms with Crippen molar-refractivity contribution in [3.05, 3.63) is 23.8 Å². The van der Waals surface area contributed by atoms with E-state index in [1.165, 1.54) is 6.92 Å². The van der Waals surface area contributed by atoms with Gasteiger partial charge in [-0.3, -0.25) is 47.4 Å². The third-order valence-corrected chi connectivity index (χ3v) is 17.1. The second-order valence-corrected chi connectivity index (χ2v) is 25.0. The number of nitrogens with two attached hydrogens (primary N) is 1. The van der Waals surface area contributed by atoms with E-state index >= 15 is 4.21 Å². The monoisotopic (exact) mass is 1200 g/mol. The maximum atomic E-state index is 15.1. The summed E-state index contributed by atoms with van der Waals surface area (Å²) in [6.07, 6.45) is 4.14. The van der Waals surface area contributed by atoms with E-state index in [1.807, 2.05) is 20.8 Å². The summed E-state index contributed by atoms with van der Waals surface area (Å²) < 4.78 is 26.5. The zero-order valence-corrected chi connectivity index (χ0v) is 50.2. The van der Waals surface area contributed by atoms with Gasteiger partial charge >= 0.3 is 6.09 Å². The number of fused-ring (bicyclic) bond motifs is 5. The number of aliphatic hydroxyl groups excluding tert-OH is 3. The fourth-order valence-corrected chi connectivity index (χ4v) is 12.1. The first kappa shape index (κ1) is 68.3. The second-order valence-electron chi connectivity index (χ2n) is 23.6. The molecule has 0 saturated carbocycles. The summed E-state index contributed by atoms with van der Waals surface area (Å²) in [6.45, 7) is 8.50. The summed E-state index contributed by atoms with van der Waals surface area (Å²) in [5.74, 6) is -13.1. The average Bonchev–Trinajstić information content (AvgIpc) is 3.83. The molecule has 1 fully saturated rings. The molecule has 11 atom stereocenters. The molecule has 2 bridgehead atoms. The van der Waals surface area contributed by atoms with Crippen LogP contribution in [0.4, 0.5) is 4.79 Å². The molecular formula is C58H89N9O16S. The number of aliphatic hydroxyl groups is 3. The molecule has 5 rings (SSSR count). The summed E-state index contributed by atoms with van der Waals surface area (Å²) in [4.78, 5) is 143. The Morgan fingerprint density at radius 2 is 1.45 bits per heavy atom. The number of ether oxygens (including phenoxy) is 2. The Hall–Kier alpha value is -6.51. The van der Waals surface area contributed by atoms with Crippen LogP contribution in [0.3, 0.4) is 0 Å². The number of carbonyl (C=O) groups excluding carboxylic acids is 10. The van der Waals surface area contributed by atoms with Gasteiger partial charge in [-0.1, -0.05) is 78.6 Å². The van der Waals surface area contributed by atoms with Crippen LogP contribution in [0.2, 0.25) is 0 Å². The predicted octanol–water partition coefficient (Wildman–Crippen LogP) is 1.36. The number of ketones is 2. The standard InChI is InChI=1S/C58H89N9O16S/c1-7-33(2)50-54(78)62-28-48(74)63-42-32-84(81)55-40(39-19-18-38(27-41(39)64-55)82-21-17-15-13-11-9-8-10-12-14-16-20-60-57(80)83-58(4,5)6)22-35(52(76)61-29-49(75)65-50)23-45(71)51(34(3)46(72)31-68)66-53(77)43-26-37(69)30-67(43)56(79)36(24-44(42)70)25-47(59)73/h18-19,27,33-37,42-43,46,50-51,64,68-69,72H,7-17,20-26,28-32H2,1-6H3,(H2,59,73)(H,60,80)(H,61,76)(H,62,78)(H,63,74)(H,65,75)(H,66,77)/t33-,34-,35?,36-,37?,42?,43-,46-,50-,51-,84+/m0/s1. The number of aromatic nitrogens is 1. The Morgan fingerprint density at radius 3 is 2.08 bits per heavy atom. The average molecular weight is 1200 g/mol. The first-order valence-electron chi connectivity index (χ1n) is 29.5. The Morgan fingerprint density at radius 1 is 0.821 bits per heavy atom. The summed E-state index contributed by atoms with van der Waals surface area (Å²) in [6, 6.07) is -1.05. The van der Waals surface area contributed by atoms with Crippen LogP contribution in [0.1, 0.15) is 143 Å². The largest absolute Gasteiger partial charge is 0.494 e. The third kappa shape index (κ3) is 20.6. The van der Waals surface area contributed by atoms with Crippen molar-refractivity contribution in [2.45, 2.75) is 191 Å². The number of nitrogens with zero attached hydrogens (tertiary/aromatic N) is 1. The molecule has 0 radical (unpaired) electrons. The van der Waals surface area contributed by atoms with Crippen LogP contribution in [0.15, 0.2) is 23.2 Å². The molecule has 0 aliphatic carbocycles. The van der Waals surface area contributed by atoms with Crippen molar-refractivity contribution in [2.24, 2.45) is 29.4 Å². The van der Waals surface area contributed by atoms with Gasteiger partial charge in [-0.05, 0) is 63.6 Å². The lowest BCUT2D eigenvalue weighted by Crippen LogP contribution is -2.56. The van der Waals surface area contributed by atoms with E-state index in [1.54, 1.807) is 32.0 Å². The number of unbranched alkanes of at least 4 members (excludes halogenated alkanes) is 9. The topological polar surface area (TPSA) is 384 Å². The number of primary amides is 1. The molecule has 84 heavy (non-hydrogen) atoms. The molecule has 1 saturated heterocycles. The van der Waals surface area contributed by atoms with Crippen molar-refractivity contribution in [1.29, 1.82) is 0 Å². The molecule has 8 amide bonds. The molecule has 1 aromatic heterocycles. The summed E-state index contributed by atoms with van der Waals surface area (Å²) in [5, 5.41) is 47.8.